The van der Waals surface area contributed by atoms with Gasteiger partial charge in [0.25, 0.3) is 0 Å². The monoisotopic (exact) mass is 493 g/mol. The van der Waals surface area contributed by atoms with Crippen LogP contribution in [0.15, 0.2) is 72.8 Å². The molecule has 3 rings (SSSR count). The molecule has 1 unspecified atom stereocenters. The third-order valence-electron chi connectivity index (χ3n) is 5.13. The molecule has 2 N–H and O–H groups in total. The van der Waals surface area contributed by atoms with Crippen molar-refractivity contribution in [1.29, 1.82) is 0 Å². The Hall–Kier alpha value is -3.45. The second-order valence-corrected chi connectivity index (χ2v) is 10.1. The molecule has 1 amide bonds. The van der Waals surface area contributed by atoms with Gasteiger partial charge in [-0.2, -0.15) is 11.8 Å². The van der Waals surface area contributed by atoms with Crippen LogP contribution in [0.2, 0.25) is 0 Å². The molecule has 3 aromatic carbocycles. The average molecular weight is 494 g/mol. The van der Waals surface area contributed by atoms with Crippen LogP contribution in [-0.2, 0) is 15.3 Å². The molecule has 0 aliphatic carbocycles. The first-order valence-corrected chi connectivity index (χ1v) is 12.4. The molecule has 6 nitrogen and oxygen atoms in total. The predicted molar refractivity (Wildman–Crippen MR) is 141 cm³/mol. The Kier molecular flexibility index (Phi) is 8.82. The SMILES string of the molecule is COc1ccccc1-c1ccc(-c2ccc(CSCC(NC(=O)OC(C)(C)C)C(=O)O)cc2)cc1. The highest BCUT2D eigenvalue weighted by atomic mass is 32.2. The molecule has 0 radical (unpaired) electrons. The number of nitrogens with one attached hydrogen (secondary N) is 1. The fourth-order valence-corrected chi connectivity index (χ4v) is 4.45. The number of hydrogen-bond donors (Lipinski definition) is 2. The molecule has 0 aromatic heterocycles. The lowest BCUT2D eigenvalue weighted by Gasteiger charge is -2.21. The number of carbonyl (C=O) groups is 2. The zero-order valence-corrected chi connectivity index (χ0v) is 21.2. The van der Waals surface area contributed by atoms with Gasteiger partial charge in [-0.1, -0.05) is 66.7 Å². The number of amides is 1. The molecule has 0 bridgehead atoms. The van der Waals surface area contributed by atoms with E-state index in [0.717, 1.165) is 33.6 Å². The van der Waals surface area contributed by atoms with Gasteiger partial charge < -0.3 is 19.9 Å². The van der Waals surface area contributed by atoms with Crippen LogP contribution in [0.5, 0.6) is 5.75 Å². The van der Waals surface area contributed by atoms with Gasteiger partial charge in [0.05, 0.1) is 7.11 Å². The second kappa shape index (κ2) is 11.8. The molecule has 0 aliphatic rings. The molecule has 1 atom stereocenters. The molecule has 0 aliphatic heterocycles. The molecule has 0 spiro atoms. The summed E-state index contributed by atoms with van der Waals surface area (Å²) < 4.78 is 10.6. The zero-order chi connectivity index (χ0) is 25.4. The number of carboxylic acid groups (broad SMARTS) is 1. The highest BCUT2D eigenvalue weighted by Gasteiger charge is 2.23. The number of hydrogen-bond acceptors (Lipinski definition) is 5. The van der Waals surface area contributed by atoms with Crippen molar-refractivity contribution in [2.45, 2.75) is 38.2 Å². The highest BCUT2D eigenvalue weighted by molar-refractivity contribution is 7.98. The fourth-order valence-electron chi connectivity index (χ4n) is 3.44. The Balaban J connectivity index is 1.57. The maximum absolute atomic E-state index is 11.9. The third-order valence-corrected chi connectivity index (χ3v) is 6.24. The number of thioether (sulfide) groups is 1. The lowest BCUT2D eigenvalue weighted by atomic mass is 9.99. The van der Waals surface area contributed by atoms with E-state index in [1.54, 1.807) is 27.9 Å². The molecule has 0 heterocycles. The van der Waals surface area contributed by atoms with Crippen LogP contribution in [0.4, 0.5) is 4.79 Å². The summed E-state index contributed by atoms with van der Waals surface area (Å²) in [4.78, 5) is 23.4. The number of rotatable bonds is 9. The van der Waals surface area contributed by atoms with Gasteiger partial charge in [0.15, 0.2) is 0 Å². The van der Waals surface area contributed by atoms with Gasteiger partial charge in [-0.05, 0) is 49.1 Å². The van der Waals surface area contributed by atoms with E-state index < -0.39 is 23.7 Å². The Labute approximate surface area is 210 Å². The normalized spacial score (nSPS) is 12.0. The standard InChI is InChI=1S/C28H31NO5S/c1-28(2,3)34-27(32)29-24(26(30)31)18-35-17-19-9-11-20(12-10-19)21-13-15-22(16-14-21)23-7-5-6-8-25(23)33-4/h5-16,24H,17-18H2,1-4H3,(H,29,32)(H,30,31). The lowest BCUT2D eigenvalue weighted by molar-refractivity contribution is -0.138. The van der Waals surface area contributed by atoms with E-state index in [1.165, 1.54) is 11.8 Å². The minimum Gasteiger partial charge on any atom is -0.496 e. The summed E-state index contributed by atoms with van der Waals surface area (Å²) in [5.74, 6) is 0.622. The average Bonchev–Trinajstić information content (AvgIpc) is 2.82. The molecule has 7 heteroatoms. The molecule has 184 valence electrons. The van der Waals surface area contributed by atoms with Crippen molar-refractivity contribution in [3.8, 4) is 28.0 Å². The summed E-state index contributed by atoms with van der Waals surface area (Å²) in [5, 5.41) is 11.8. The van der Waals surface area contributed by atoms with Crippen molar-refractivity contribution < 1.29 is 24.2 Å². The summed E-state index contributed by atoms with van der Waals surface area (Å²) in [6.45, 7) is 5.20. The predicted octanol–water partition coefficient (Wildman–Crippen LogP) is 6.24. The first-order valence-electron chi connectivity index (χ1n) is 11.3. The minimum atomic E-state index is -1.09. The topological polar surface area (TPSA) is 84.9 Å². The second-order valence-electron chi connectivity index (χ2n) is 9.03. The van der Waals surface area contributed by atoms with E-state index in [-0.39, 0.29) is 5.75 Å². The third kappa shape index (κ3) is 7.79. The number of carboxylic acids is 1. The first-order chi connectivity index (χ1) is 16.7. The van der Waals surface area contributed by atoms with Crippen molar-refractivity contribution in [2.75, 3.05) is 12.9 Å². The maximum atomic E-state index is 11.9. The van der Waals surface area contributed by atoms with Gasteiger partial charge in [-0.15, -0.1) is 0 Å². The van der Waals surface area contributed by atoms with Crippen LogP contribution >= 0.6 is 11.8 Å². The van der Waals surface area contributed by atoms with Crippen LogP contribution in [-0.4, -0.2) is 41.7 Å². The maximum Gasteiger partial charge on any atom is 0.408 e. The molecular formula is C28H31NO5S. The molecular weight excluding hydrogens is 462 g/mol. The molecule has 0 saturated carbocycles. The Bertz CT molecular complexity index is 1140. The summed E-state index contributed by atoms with van der Waals surface area (Å²) >= 11 is 1.44. The van der Waals surface area contributed by atoms with E-state index in [4.69, 9.17) is 9.47 Å². The van der Waals surface area contributed by atoms with Gasteiger partial charge in [0, 0.05) is 17.1 Å². The van der Waals surface area contributed by atoms with E-state index in [9.17, 15) is 14.7 Å². The van der Waals surface area contributed by atoms with E-state index in [1.807, 2.05) is 36.4 Å². The van der Waals surface area contributed by atoms with E-state index in [2.05, 4.69) is 41.7 Å². The number of alkyl carbamates (subject to hydrolysis) is 1. The van der Waals surface area contributed by atoms with Crippen molar-refractivity contribution in [2.24, 2.45) is 0 Å². The summed E-state index contributed by atoms with van der Waals surface area (Å²) in [5.41, 5.74) is 4.74. The van der Waals surface area contributed by atoms with Gasteiger partial charge in [0.1, 0.15) is 17.4 Å². The fraction of sp³-hybridized carbons (Fsp3) is 0.286. The van der Waals surface area contributed by atoms with Crippen molar-refractivity contribution >= 4 is 23.8 Å². The molecule has 0 fully saturated rings. The van der Waals surface area contributed by atoms with Gasteiger partial charge in [-0.3, -0.25) is 0 Å². The van der Waals surface area contributed by atoms with Crippen molar-refractivity contribution in [1.82, 2.24) is 5.32 Å². The number of ether oxygens (including phenoxy) is 2. The van der Waals surface area contributed by atoms with Crippen LogP contribution in [0.3, 0.4) is 0 Å². The minimum absolute atomic E-state index is 0.237. The lowest BCUT2D eigenvalue weighted by Crippen LogP contribution is -2.44. The van der Waals surface area contributed by atoms with Gasteiger partial charge in [-0.25, -0.2) is 9.59 Å². The van der Waals surface area contributed by atoms with Crippen LogP contribution in [0.1, 0.15) is 26.3 Å². The Morgan fingerprint density at radius 3 is 2.06 bits per heavy atom. The molecule has 35 heavy (non-hydrogen) atoms. The zero-order valence-electron chi connectivity index (χ0n) is 20.4. The highest BCUT2D eigenvalue weighted by Crippen LogP contribution is 2.31. The van der Waals surface area contributed by atoms with Gasteiger partial charge >= 0.3 is 12.1 Å². The summed E-state index contributed by atoms with van der Waals surface area (Å²) in [7, 11) is 1.67. The number of carbonyl (C=O) groups excluding carboxylic acids is 1. The Morgan fingerprint density at radius 1 is 0.914 bits per heavy atom. The summed E-state index contributed by atoms with van der Waals surface area (Å²) in [6, 6.07) is 23.5. The quantitative estimate of drug-likeness (QED) is 0.367. The smallest absolute Gasteiger partial charge is 0.408 e. The van der Waals surface area contributed by atoms with Crippen LogP contribution < -0.4 is 10.1 Å². The van der Waals surface area contributed by atoms with Crippen LogP contribution in [0.25, 0.3) is 22.3 Å². The largest absolute Gasteiger partial charge is 0.496 e. The number of benzene rings is 3. The van der Waals surface area contributed by atoms with Crippen molar-refractivity contribution in [3.63, 3.8) is 0 Å². The molecule has 3 aromatic rings. The number of methoxy groups -OCH3 is 1. The van der Waals surface area contributed by atoms with Gasteiger partial charge in [0.2, 0.25) is 0 Å². The van der Waals surface area contributed by atoms with Crippen molar-refractivity contribution in [3.05, 3.63) is 78.4 Å². The molecule has 0 saturated heterocycles. The number of aliphatic carboxylic acids is 1. The van der Waals surface area contributed by atoms with E-state index >= 15 is 0 Å². The number of para-hydroxylation sites is 1. The van der Waals surface area contributed by atoms with Crippen LogP contribution in [0, 0.1) is 0 Å². The van der Waals surface area contributed by atoms with E-state index in [0.29, 0.717) is 5.75 Å². The first kappa shape index (κ1) is 26.2. The summed E-state index contributed by atoms with van der Waals surface area (Å²) in [6.07, 6.45) is -0.730. The Morgan fingerprint density at radius 2 is 1.49 bits per heavy atom.